The van der Waals surface area contributed by atoms with Gasteiger partial charge in [0.2, 0.25) is 5.91 Å². The van der Waals surface area contributed by atoms with Gasteiger partial charge in [-0.1, -0.05) is 32.1 Å². The van der Waals surface area contributed by atoms with E-state index in [1.807, 2.05) is 0 Å². The molecule has 0 aromatic carbocycles. The van der Waals surface area contributed by atoms with Crippen LogP contribution in [-0.2, 0) is 9.59 Å². The normalized spacial score (nSPS) is 16.9. The smallest absolute Gasteiger partial charge is 0.309 e. The van der Waals surface area contributed by atoms with E-state index in [0.29, 0.717) is 19.4 Å². The summed E-state index contributed by atoms with van der Waals surface area (Å²) in [5.74, 6) is 0.0635. The van der Waals surface area contributed by atoms with Crippen LogP contribution in [0.2, 0.25) is 0 Å². The summed E-state index contributed by atoms with van der Waals surface area (Å²) in [6.07, 6.45) is 9.88. The maximum Gasteiger partial charge on any atom is 0.309 e. The first-order valence-corrected chi connectivity index (χ1v) is 7.92. The van der Waals surface area contributed by atoms with E-state index in [9.17, 15) is 9.59 Å². The quantitative estimate of drug-likeness (QED) is 0.718. The van der Waals surface area contributed by atoms with Gasteiger partial charge in [0.1, 0.15) is 0 Å². The standard InChI is InChI=1S/C16H29NO3/c1-16(2,15(19)20)11-12-17-14(18)10-6-9-13-7-4-3-5-8-13/h13H,3-12H2,1-2H3,(H,17,18)(H,19,20). The van der Waals surface area contributed by atoms with Gasteiger partial charge in [0, 0.05) is 13.0 Å². The summed E-state index contributed by atoms with van der Waals surface area (Å²) in [4.78, 5) is 22.6. The van der Waals surface area contributed by atoms with Gasteiger partial charge in [0.05, 0.1) is 5.41 Å². The molecule has 1 amide bonds. The molecule has 4 heteroatoms. The van der Waals surface area contributed by atoms with Gasteiger partial charge in [-0.25, -0.2) is 0 Å². The van der Waals surface area contributed by atoms with Crippen molar-refractivity contribution in [2.75, 3.05) is 6.54 Å². The van der Waals surface area contributed by atoms with E-state index in [1.54, 1.807) is 13.8 Å². The van der Waals surface area contributed by atoms with E-state index in [1.165, 1.54) is 32.1 Å². The van der Waals surface area contributed by atoms with Crippen LogP contribution in [0.5, 0.6) is 0 Å². The van der Waals surface area contributed by atoms with Crippen molar-refractivity contribution in [2.24, 2.45) is 11.3 Å². The van der Waals surface area contributed by atoms with Gasteiger partial charge in [-0.2, -0.15) is 0 Å². The Morgan fingerprint density at radius 3 is 2.45 bits per heavy atom. The lowest BCUT2D eigenvalue weighted by Crippen LogP contribution is -2.31. The third-order valence-electron chi connectivity index (χ3n) is 4.39. The van der Waals surface area contributed by atoms with Gasteiger partial charge < -0.3 is 10.4 Å². The summed E-state index contributed by atoms with van der Waals surface area (Å²) in [5.41, 5.74) is -0.768. The molecule has 0 aromatic heterocycles. The Balaban J connectivity index is 2.07. The van der Waals surface area contributed by atoms with Crippen molar-refractivity contribution < 1.29 is 14.7 Å². The Morgan fingerprint density at radius 1 is 1.20 bits per heavy atom. The highest BCUT2D eigenvalue weighted by Gasteiger charge is 2.26. The molecule has 20 heavy (non-hydrogen) atoms. The number of carboxylic acid groups (broad SMARTS) is 1. The summed E-state index contributed by atoms with van der Waals surface area (Å²) >= 11 is 0. The minimum Gasteiger partial charge on any atom is -0.481 e. The average Bonchev–Trinajstić information content (AvgIpc) is 2.39. The average molecular weight is 283 g/mol. The minimum absolute atomic E-state index is 0.0574. The van der Waals surface area contributed by atoms with Crippen molar-refractivity contribution in [3.63, 3.8) is 0 Å². The van der Waals surface area contributed by atoms with Crippen LogP contribution in [0.15, 0.2) is 0 Å². The summed E-state index contributed by atoms with van der Waals surface area (Å²) in [6.45, 7) is 3.82. The van der Waals surface area contributed by atoms with Crippen LogP contribution in [0.25, 0.3) is 0 Å². The zero-order valence-corrected chi connectivity index (χ0v) is 12.9. The predicted octanol–water partition coefficient (Wildman–Crippen LogP) is 3.35. The molecule has 0 heterocycles. The number of carboxylic acids is 1. The fourth-order valence-electron chi connectivity index (χ4n) is 2.74. The Labute approximate surface area is 122 Å². The first kappa shape index (κ1) is 17.0. The van der Waals surface area contributed by atoms with E-state index < -0.39 is 11.4 Å². The van der Waals surface area contributed by atoms with Crippen molar-refractivity contribution >= 4 is 11.9 Å². The van der Waals surface area contributed by atoms with Gasteiger partial charge in [-0.05, 0) is 39.0 Å². The molecule has 1 aliphatic carbocycles. The molecule has 2 N–H and O–H groups in total. The van der Waals surface area contributed by atoms with E-state index in [-0.39, 0.29) is 5.91 Å². The maximum absolute atomic E-state index is 11.7. The van der Waals surface area contributed by atoms with Gasteiger partial charge >= 0.3 is 5.97 Å². The number of rotatable bonds is 8. The van der Waals surface area contributed by atoms with Crippen molar-refractivity contribution in [2.45, 2.75) is 71.6 Å². The molecule has 0 aliphatic heterocycles. The van der Waals surface area contributed by atoms with Crippen LogP contribution < -0.4 is 5.32 Å². The highest BCUT2D eigenvalue weighted by atomic mass is 16.4. The fraction of sp³-hybridized carbons (Fsp3) is 0.875. The van der Waals surface area contributed by atoms with Crippen LogP contribution in [0.1, 0.15) is 71.6 Å². The number of carbonyl (C=O) groups excluding carboxylic acids is 1. The van der Waals surface area contributed by atoms with Crippen molar-refractivity contribution in [1.82, 2.24) is 5.32 Å². The Bertz CT molecular complexity index is 320. The molecule has 0 aromatic rings. The predicted molar refractivity (Wildman–Crippen MR) is 79.5 cm³/mol. The lowest BCUT2D eigenvalue weighted by Gasteiger charge is -2.21. The van der Waals surface area contributed by atoms with Gasteiger partial charge in [0.15, 0.2) is 0 Å². The monoisotopic (exact) mass is 283 g/mol. The fourth-order valence-corrected chi connectivity index (χ4v) is 2.74. The van der Waals surface area contributed by atoms with Gasteiger partial charge in [-0.3, -0.25) is 9.59 Å². The Morgan fingerprint density at radius 2 is 1.85 bits per heavy atom. The summed E-state index contributed by atoms with van der Waals surface area (Å²) in [7, 11) is 0. The number of amides is 1. The van der Waals surface area contributed by atoms with Crippen molar-refractivity contribution in [3.05, 3.63) is 0 Å². The third kappa shape index (κ3) is 6.40. The lowest BCUT2D eigenvalue weighted by molar-refractivity contribution is -0.147. The SMILES string of the molecule is CC(C)(CCNC(=O)CCCC1CCCCC1)C(=O)O. The molecule has 0 saturated heterocycles. The Kier molecular flexibility index (Phi) is 7.03. The molecule has 0 atom stereocenters. The molecule has 0 radical (unpaired) electrons. The molecule has 0 unspecified atom stereocenters. The van der Waals surface area contributed by atoms with Crippen LogP contribution >= 0.6 is 0 Å². The first-order valence-electron chi connectivity index (χ1n) is 7.92. The second-order valence-corrected chi connectivity index (χ2v) is 6.69. The molecule has 4 nitrogen and oxygen atoms in total. The lowest BCUT2D eigenvalue weighted by atomic mass is 9.86. The number of aliphatic carboxylic acids is 1. The number of hydrogen-bond donors (Lipinski definition) is 2. The molecule has 1 rings (SSSR count). The van der Waals surface area contributed by atoms with E-state index in [2.05, 4.69) is 5.32 Å². The van der Waals surface area contributed by atoms with E-state index in [0.717, 1.165) is 18.8 Å². The van der Waals surface area contributed by atoms with Crippen molar-refractivity contribution in [1.29, 1.82) is 0 Å². The van der Waals surface area contributed by atoms with Crippen LogP contribution in [0.3, 0.4) is 0 Å². The van der Waals surface area contributed by atoms with Gasteiger partial charge in [-0.15, -0.1) is 0 Å². The van der Waals surface area contributed by atoms with E-state index >= 15 is 0 Å². The largest absolute Gasteiger partial charge is 0.481 e. The minimum atomic E-state index is -0.816. The number of carbonyl (C=O) groups is 2. The zero-order valence-electron chi connectivity index (χ0n) is 12.9. The topological polar surface area (TPSA) is 66.4 Å². The van der Waals surface area contributed by atoms with Gasteiger partial charge in [0.25, 0.3) is 0 Å². The van der Waals surface area contributed by atoms with Crippen LogP contribution in [0.4, 0.5) is 0 Å². The molecule has 1 saturated carbocycles. The molecule has 1 aliphatic rings. The number of nitrogens with one attached hydrogen (secondary N) is 1. The van der Waals surface area contributed by atoms with Crippen LogP contribution in [0, 0.1) is 11.3 Å². The molecular weight excluding hydrogens is 254 g/mol. The third-order valence-corrected chi connectivity index (χ3v) is 4.39. The molecule has 1 fully saturated rings. The molecule has 116 valence electrons. The van der Waals surface area contributed by atoms with Crippen LogP contribution in [-0.4, -0.2) is 23.5 Å². The second-order valence-electron chi connectivity index (χ2n) is 6.69. The molecule has 0 bridgehead atoms. The maximum atomic E-state index is 11.7. The molecular formula is C16H29NO3. The Hall–Kier alpha value is -1.06. The first-order chi connectivity index (χ1) is 9.42. The summed E-state index contributed by atoms with van der Waals surface area (Å²) < 4.78 is 0. The highest BCUT2D eigenvalue weighted by Crippen LogP contribution is 2.27. The second kappa shape index (κ2) is 8.28. The van der Waals surface area contributed by atoms with E-state index in [4.69, 9.17) is 5.11 Å². The highest BCUT2D eigenvalue weighted by molar-refractivity contribution is 5.76. The van der Waals surface area contributed by atoms with Crippen molar-refractivity contribution in [3.8, 4) is 0 Å². The summed E-state index contributed by atoms with van der Waals surface area (Å²) in [5, 5.41) is 11.8. The summed E-state index contributed by atoms with van der Waals surface area (Å²) in [6, 6.07) is 0. The number of hydrogen-bond acceptors (Lipinski definition) is 2. The zero-order chi connectivity index (χ0) is 15.0. The molecule has 0 spiro atoms.